The highest BCUT2D eigenvalue weighted by Gasteiger charge is 2.15. The molecule has 0 amide bonds. The van der Waals surface area contributed by atoms with E-state index in [1.165, 1.54) is 12.1 Å². The van der Waals surface area contributed by atoms with Crippen molar-refractivity contribution in [2.75, 3.05) is 5.73 Å². The third-order valence-corrected chi connectivity index (χ3v) is 3.75. The Hall–Kier alpha value is -1.95. The molecular formula is C15H12BrF2N3. The summed E-state index contributed by atoms with van der Waals surface area (Å²) in [7, 11) is 0. The first-order chi connectivity index (χ1) is 9.97. The molecule has 2 heterocycles. The molecule has 0 aliphatic rings. The van der Waals surface area contributed by atoms with Gasteiger partial charge >= 0.3 is 0 Å². The lowest BCUT2D eigenvalue weighted by Gasteiger charge is -2.03. The molecule has 1 aromatic carbocycles. The van der Waals surface area contributed by atoms with Gasteiger partial charge in [-0.2, -0.15) is 0 Å². The van der Waals surface area contributed by atoms with Crippen LogP contribution >= 0.6 is 15.9 Å². The Balaban J connectivity index is 2.24. The van der Waals surface area contributed by atoms with Crippen molar-refractivity contribution in [1.29, 1.82) is 0 Å². The number of aromatic nitrogens is 2. The van der Waals surface area contributed by atoms with Gasteiger partial charge in [-0.15, -0.1) is 0 Å². The molecule has 3 aromatic rings. The Kier molecular flexibility index (Phi) is 3.41. The fourth-order valence-corrected chi connectivity index (χ4v) is 2.87. The van der Waals surface area contributed by atoms with Crippen LogP contribution in [-0.2, 0) is 0 Å². The number of nitrogens with two attached hydrogens (primary N) is 1. The van der Waals surface area contributed by atoms with Crippen molar-refractivity contribution in [1.82, 2.24) is 9.38 Å². The van der Waals surface area contributed by atoms with Gasteiger partial charge < -0.3 is 5.73 Å². The van der Waals surface area contributed by atoms with Gasteiger partial charge in [-0.25, -0.2) is 13.8 Å². The molecule has 0 bridgehead atoms. The van der Waals surface area contributed by atoms with Crippen molar-refractivity contribution in [3.05, 3.63) is 52.1 Å². The number of anilines is 1. The molecular weight excluding hydrogens is 340 g/mol. The molecule has 3 nitrogen and oxygen atoms in total. The number of rotatable bonds is 2. The second kappa shape index (κ2) is 5.11. The molecule has 0 aliphatic carbocycles. The van der Waals surface area contributed by atoms with E-state index in [4.69, 9.17) is 5.73 Å². The average Bonchev–Trinajstić information content (AvgIpc) is 2.77. The van der Waals surface area contributed by atoms with Crippen molar-refractivity contribution < 1.29 is 8.78 Å². The molecule has 0 saturated heterocycles. The van der Waals surface area contributed by atoms with Gasteiger partial charge in [-0.1, -0.05) is 18.2 Å². The molecule has 0 fully saturated rings. The summed E-state index contributed by atoms with van der Waals surface area (Å²) in [5, 5.41) is 0. The zero-order chi connectivity index (χ0) is 15.1. The van der Waals surface area contributed by atoms with E-state index < -0.39 is 6.43 Å². The fraction of sp³-hybridized carbons (Fsp3) is 0.133. The second-order valence-corrected chi connectivity index (χ2v) is 5.72. The van der Waals surface area contributed by atoms with E-state index in [-0.39, 0.29) is 5.56 Å². The topological polar surface area (TPSA) is 43.3 Å². The van der Waals surface area contributed by atoms with Crippen molar-refractivity contribution in [2.45, 2.75) is 13.3 Å². The summed E-state index contributed by atoms with van der Waals surface area (Å²) >= 11 is 3.41. The highest BCUT2D eigenvalue weighted by atomic mass is 79.9. The van der Waals surface area contributed by atoms with E-state index in [2.05, 4.69) is 20.9 Å². The van der Waals surface area contributed by atoms with Crippen LogP contribution in [0, 0.1) is 6.92 Å². The summed E-state index contributed by atoms with van der Waals surface area (Å²) < 4.78 is 28.3. The van der Waals surface area contributed by atoms with Gasteiger partial charge in [0, 0.05) is 21.8 Å². The molecule has 6 heteroatoms. The quantitative estimate of drug-likeness (QED) is 0.733. The Bertz CT molecular complexity index is 827. The first-order valence-corrected chi connectivity index (χ1v) is 7.09. The van der Waals surface area contributed by atoms with Crippen molar-refractivity contribution in [3.8, 4) is 11.3 Å². The number of imidazole rings is 1. The van der Waals surface area contributed by atoms with Crippen LogP contribution in [0.25, 0.3) is 16.9 Å². The van der Waals surface area contributed by atoms with Crippen molar-refractivity contribution in [3.63, 3.8) is 0 Å². The summed E-state index contributed by atoms with van der Waals surface area (Å²) in [5.74, 6) is 0.431. The minimum absolute atomic E-state index is 0.0399. The number of aryl methyl sites for hydroxylation is 1. The Morgan fingerprint density at radius 1 is 1.29 bits per heavy atom. The largest absolute Gasteiger partial charge is 0.383 e. The maximum Gasteiger partial charge on any atom is 0.263 e. The number of nitrogen functional groups attached to an aromatic ring is 1. The van der Waals surface area contributed by atoms with Crippen LogP contribution in [0.3, 0.4) is 0 Å². The molecule has 3 rings (SSSR count). The maximum absolute atomic E-state index is 12.8. The van der Waals surface area contributed by atoms with E-state index in [0.29, 0.717) is 22.7 Å². The molecule has 0 aliphatic heterocycles. The SMILES string of the molecule is Cc1cc(Br)cn2c(N)c(-c3cccc(C(F)F)c3)nc12. The number of pyridine rings is 1. The molecule has 2 aromatic heterocycles. The zero-order valence-electron chi connectivity index (χ0n) is 11.1. The first-order valence-electron chi connectivity index (χ1n) is 6.29. The van der Waals surface area contributed by atoms with Crippen molar-refractivity contribution >= 4 is 27.4 Å². The van der Waals surface area contributed by atoms with Crippen molar-refractivity contribution in [2.24, 2.45) is 0 Å². The lowest BCUT2D eigenvalue weighted by Crippen LogP contribution is -1.95. The summed E-state index contributed by atoms with van der Waals surface area (Å²) in [6.07, 6.45) is -0.704. The maximum atomic E-state index is 12.8. The molecule has 0 spiro atoms. The van der Waals surface area contributed by atoms with E-state index >= 15 is 0 Å². The third kappa shape index (κ3) is 2.40. The number of benzene rings is 1. The van der Waals surface area contributed by atoms with Crippen LogP contribution in [0.15, 0.2) is 41.0 Å². The lowest BCUT2D eigenvalue weighted by atomic mass is 10.1. The predicted octanol–water partition coefficient (Wildman–Crippen LogP) is 4.59. The van der Waals surface area contributed by atoms with Crippen LogP contribution in [0.5, 0.6) is 0 Å². The second-order valence-electron chi connectivity index (χ2n) is 4.81. The Morgan fingerprint density at radius 2 is 2.05 bits per heavy atom. The number of hydrogen-bond donors (Lipinski definition) is 1. The van der Waals surface area contributed by atoms with Crippen LogP contribution in [0.1, 0.15) is 17.6 Å². The van der Waals surface area contributed by atoms with Gasteiger partial charge in [-0.3, -0.25) is 4.40 Å². The van der Waals surface area contributed by atoms with E-state index in [9.17, 15) is 8.78 Å². The van der Waals surface area contributed by atoms with Crippen LogP contribution < -0.4 is 5.73 Å². The molecule has 0 radical (unpaired) electrons. The molecule has 0 saturated carbocycles. The van der Waals surface area contributed by atoms with Gasteiger partial charge in [0.2, 0.25) is 0 Å². The first kappa shape index (κ1) is 14.0. The molecule has 0 atom stereocenters. The average molecular weight is 352 g/mol. The van der Waals surface area contributed by atoms with Gasteiger partial charge in [0.15, 0.2) is 0 Å². The predicted molar refractivity (Wildman–Crippen MR) is 82.4 cm³/mol. The highest BCUT2D eigenvalue weighted by molar-refractivity contribution is 9.10. The summed E-state index contributed by atoms with van der Waals surface area (Å²) in [5.41, 5.74) is 8.85. The molecule has 21 heavy (non-hydrogen) atoms. The van der Waals surface area contributed by atoms with Gasteiger partial charge in [0.25, 0.3) is 6.43 Å². The van der Waals surface area contributed by atoms with Gasteiger partial charge in [-0.05, 0) is 40.5 Å². The number of alkyl halides is 2. The Morgan fingerprint density at radius 3 is 2.76 bits per heavy atom. The van der Waals surface area contributed by atoms with E-state index in [0.717, 1.165) is 10.0 Å². The zero-order valence-corrected chi connectivity index (χ0v) is 12.7. The summed E-state index contributed by atoms with van der Waals surface area (Å²) in [6.45, 7) is 1.92. The fourth-order valence-electron chi connectivity index (χ4n) is 2.32. The van der Waals surface area contributed by atoms with Gasteiger partial charge in [0.1, 0.15) is 17.2 Å². The number of fused-ring (bicyclic) bond motifs is 1. The minimum atomic E-state index is -2.51. The summed E-state index contributed by atoms with van der Waals surface area (Å²) in [4.78, 5) is 4.50. The number of nitrogens with zero attached hydrogens (tertiary/aromatic N) is 2. The molecule has 0 unspecified atom stereocenters. The minimum Gasteiger partial charge on any atom is -0.383 e. The standard InChI is InChI=1S/C15H12BrF2N3/c1-8-5-11(16)7-21-14(19)12(20-15(8)21)9-3-2-4-10(6-9)13(17)18/h2-7,13H,19H2,1H3. The highest BCUT2D eigenvalue weighted by Crippen LogP contribution is 2.31. The Labute approximate surface area is 128 Å². The molecule has 2 N–H and O–H groups in total. The third-order valence-electron chi connectivity index (χ3n) is 3.32. The number of halogens is 3. The number of hydrogen-bond acceptors (Lipinski definition) is 2. The monoisotopic (exact) mass is 351 g/mol. The van der Waals surface area contributed by atoms with Crippen LogP contribution in [0.4, 0.5) is 14.6 Å². The van der Waals surface area contributed by atoms with Crippen LogP contribution in [0.2, 0.25) is 0 Å². The molecule has 108 valence electrons. The summed E-state index contributed by atoms with van der Waals surface area (Å²) in [6, 6.07) is 8.06. The van der Waals surface area contributed by atoms with E-state index in [1.54, 1.807) is 16.5 Å². The smallest absolute Gasteiger partial charge is 0.263 e. The lowest BCUT2D eigenvalue weighted by molar-refractivity contribution is 0.151. The van der Waals surface area contributed by atoms with Crippen LogP contribution in [-0.4, -0.2) is 9.38 Å². The van der Waals surface area contributed by atoms with Gasteiger partial charge in [0.05, 0.1) is 0 Å². The normalized spacial score (nSPS) is 11.5. The van der Waals surface area contributed by atoms with E-state index in [1.807, 2.05) is 19.2 Å².